The maximum atomic E-state index is 12.5. The van der Waals surface area contributed by atoms with Crippen LogP contribution >= 0.6 is 11.8 Å². The fraction of sp³-hybridized carbons (Fsp3) is 0.167. The van der Waals surface area contributed by atoms with Crippen LogP contribution in [0.25, 0.3) is 0 Å². The van der Waals surface area contributed by atoms with Crippen LogP contribution in [0.5, 0.6) is 0 Å². The number of carbonyl (C=O) groups is 3. The molecule has 1 N–H and O–H groups in total. The predicted octanol–water partition coefficient (Wildman–Crippen LogP) is 3.59. The summed E-state index contributed by atoms with van der Waals surface area (Å²) < 4.78 is 0. The van der Waals surface area contributed by atoms with Crippen molar-refractivity contribution in [3.8, 4) is 0 Å². The van der Waals surface area contributed by atoms with Crippen molar-refractivity contribution in [3.63, 3.8) is 0 Å². The lowest BCUT2D eigenvalue weighted by Gasteiger charge is -2.13. The monoisotopic (exact) mass is 340 g/mol. The highest BCUT2D eigenvalue weighted by Crippen LogP contribution is 2.33. The Hall–Kier alpha value is -2.60. The molecule has 1 heterocycles. The fourth-order valence-corrected chi connectivity index (χ4v) is 3.40. The molecule has 1 aliphatic heterocycles. The minimum Gasteiger partial charge on any atom is -0.326 e. The molecule has 3 rings (SSSR count). The number of aryl methyl sites for hydroxylation is 1. The predicted molar refractivity (Wildman–Crippen MR) is 95.1 cm³/mol. The van der Waals surface area contributed by atoms with E-state index in [1.165, 1.54) is 0 Å². The van der Waals surface area contributed by atoms with Crippen LogP contribution in [0.2, 0.25) is 0 Å². The fourth-order valence-electron chi connectivity index (χ4n) is 2.41. The number of amides is 3. The first-order valence-electron chi connectivity index (χ1n) is 7.51. The maximum absolute atomic E-state index is 12.5. The van der Waals surface area contributed by atoms with Crippen LogP contribution in [-0.4, -0.2) is 22.3 Å². The van der Waals surface area contributed by atoms with Gasteiger partial charge in [0.15, 0.2) is 0 Å². The van der Waals surface area contributed by atoms with Crippen LogP contribution in [0.4, 0.5) is 16.2 Å². The third-order valence-corrected chi connectivity index (χ3v) is 4.68. The van der Waals surface area contributed by atoms with Gasteiger partial charge in [0.1, 0.15) is 5.25 Å². The van der Waals surface area contributed by atoms with Crippen molar-refractivity contribution in [2.24, 2.45) is 0 Å². The van der Waals surface area contributed by atoms with Gasteiger partial charge in [-0.2, -0.15) is 0 Å². The first-order valence-corrected chi connectivity index (χ1v) is 8.39. The quantitative estimate of drug-likeness (QED) is 0.923. The van der Waals surface area contributed by atoms with Crippen molar-refractivity contribution in [1.29, 1.82) is 0 Å². The number of thioether (sulfide) groups is 1. The van der Waals surface area contributed by atoms with Crippen LogP contribution in [-0.2, 0) is 9.59 Å². The van der Waals surface area contributed by atoms with Gasteiger partial charge in [-0.05, 0) is 43.0 Å². The molecule has 0 saturated carbocycles. The molecule has 0 unspecified atom stereocenters. The summed E-state index contributed by atoms with van der Waals surface area (Å²) in [5.74, 6) is -0.636. The van der Waals surface area contributed by atoms with Crippen LogP contribution < -0.4 is 10.2 Å². The molecule has 24 heavy (non-hydrogen) atoms. The normalized spacial score (nSPS) is 17.2. The van der Waals surface area contributed by atoms with Gasteiger partial charge >= 0.3 is 0 Å². The number of hydrogen-bond acceptors (Lipinski definition) is 4. The summed E-state index contributed by atoms with van der Waals surface area (Å²) in [7, 11) is 0. The van der Waals surface area contributed by atoms with E-state index >= 15 is 0 Å². The number of benzene rings is 2. The second kappa shape index (κ2) is 6.88. The van der Waals surface area contributed by atoms with E-state index in [4.69, 9.17) is 0 Å². The number of para-hydroxylation sites is 1. The van der Waals surface area contributed by atoms with Gasteiger partial charge < -0.3 is 5.32 Å². The highest BCUT2D eigenvalue weighted by Gasteiger charge is 2.41. The van der Waals surface area contributed by atoms with Crippen molar-refractivity contribution < 1.29 is 14.4 Å². The van der Waals surface area contributed by atoms with Crippen LogP contribution in [0.15, 0.2) is 54.6 Å². The van der Waals surface area contributed by atoms with E-state index in [-0.39, 0.29) is 23.5 Å². The molecule has 6 heteroatoms. The smallest absolute Gasteiger partial charge is 0.293 e. The Bertz CT molecular complexity index is 775. The van der Waals surface area contributed by atoms with Gasteiger partial charge in [-0.25, -0.2) is 4.90 Å². The molecule has 1 aliphatic rings. The Morgan fingerprint density at radius 1 is 1.08 bits per heavy atom. The number of rotatable bonds is 4. The number of carbonyl (C=O) groups excluding carboxylic acids is 3. The number of imide groups is 1. The molecular formula is C18H16N2O3S. The molecule has 3 amide bonds. The lowest BCUT2D eigenvalue weighted by Crippen LogP contribution is -2.32. The summed E-state index contributed by atoms with van der Waals surface area (Å²) in [4.78, 5) is 37.8. The van der Waals surface area contributed by atoms with Crippen molar-refractivity contribution >= 4 is 40.2 Å². The third kappa shape index (κ3) is 3.49. The van der Waals surface area contributed by atoms with Crippen LogP contribution in [0.1, 0.15) is 12.0 Å². The Labute approximate surface area is 144 Å². The standard InChI is InChI=1S/C18H16N2O3S/c1-12-7-9-13(10-8-12)19-16(21)11-15-17(22)20(18(23)24-15)14-5-3-2-4-6-14/h2-10,15H,11H2,1H3,(H,19,21)/t15-/m1/s1. The van der Waals surface area contributed by atoms with Gasteiger partial charge in [-0.3, -0.25) is 14.4 Å². The zero-order chi connectivity index (χ0) is 17.1. The zero-order valence-electron chi connectivity index (χ0n) is 13.1. The molecule has 5 nitrogen and oxygen atoms in total. The Balaban J connectivity index is 1.65. The summed E-state index contributed by atoms with van der Waals surface area (Å²) >= 11 is 0.895. The third-order valence-electron chi connectivity index (χ3n) is 3.64. The summed E-state index contributed by atoms with van der Waals surface area (Å²) in [6, 6.07) is 16.1. The van der Waals surface area contributed by atoms with E-state index in [2.05, 4.69) is 5.32 Å². The molecule has 1 saturated heterocycles. The summed E-state index contributed by atoms with van der Waals surface area (Å²) in [6.45, 7) is 1.96. The van der Waals surface area contributed by atoms with Gasteiger partial charge in [-0.1, -0.05) is 35.9 Å². The first kappa shape index (κ1) is 16.3. The van der Waals surface area contributed by atoms with Crippen LogP contribution in [0, 0.1) is 6.92 Å². The SMILES string of the molecule is Cc1ccc(NC(=O)C[C@H]2SC(=O)N(c3ccccc3)C2=O)cc1. The number of anilines is 2. The minimum absolute atomic E-state index is 0.0353. The number of hydrogen-bond donors (Lipinski definition) is 1. The summed E-state index contributed by atoms with van der Waals surface area (Å²) in [5.41, 5.74) is 2.30. The van der Waals surface area contributed by atoms with E-state index in [1.807, 2.05) is 25.1 Å². The largest absolute Gasteiger partial charge is 0.326 e. The van der Waals surface area contributed by atoms with E-state index in [0.29, 0.717) is 11.4 Å². The second-order valence-corrected chi connectivity index (χ2v) is 6.65. The van der Waals surface area contributed by atoms with Crippen molar-refractivity contribution in [2.45, 2.75) is 18.6 Å². The average Bonchev–Trinajstić information content (AvgIpc) is 2.84. The van der Waals surface area contributed by atoms with E-state index in [9.17, 15) is 14.4 Å². The zero-order valence-corrected chi connectivity index (χ0v) is 13.9. The minimum atomic E-state index is -0.692. The lowest BCUT2D eigenvalue weighted by molar-refractivity contribution is -0.121. The molecule has 2 aromatic carbocycles. The average molecular weight is 340 g/mol. The molecule has 0 bridgehead atoms. The molecule has 0 spiro atoms. The maximum Gasteiger partial charge on any atom is 0.293 e. The number of nitrogens with one attached hydrogen (secondary N) is 1. The molecule has 2 aromatic rings. The molecule has 0 aliphatic carbocycles. The molecule has 1 atom stereocenters. The van der Waals surface area contributed by atoms with Crippen molar-refractivity contribution in [2.75, 3.05) is 10.2 Å². The Morgan fingerprint density at radius 3 is 2.42 bits per heavy atom. The summed E-state index contributed by atoms with van der Waals surface area (Å²) in [6.07, 6.45) is -0.0353. The van der Waals surface area contributed by atoms with Crippen molar-refractivity contribution in [3.05, 3.63) is 60.2 Å². The first-order chi connectivity index (χ1) is 11.5. The Morgan fingerprint density at radius 2 is 1.75 bits per heavy atom. The molecular weight excluding hydrogens is 324 g/mol. The van der Waals surface area contributed by atoms with Gasteiger partial charge in [0.05, 0.1) is 5.69 Å². The highest BCUT2D eigenvalue weighted by atomic mass is 32.2. The highest BCUT2D eigenvalue weighted by molar-refractivity contribution is 8.15. The van der Waals surface area contributed by atoms with E-state index < -0.39 is 5.25 Å². The van der Waals surface area contributed by atoms with Gasteiger partial charge in [0.25, 0.3) is 5.24 Å². The van der Waals surface area contributed by atoms with Gasteiger partial charge in [0, 0.05) is 12.1 Å². The molecule has 122 valence electrons. The van der Waals surface area contributed by atoms with E-state index in [0.717, 1.165) is 22.2 Å². The van der Waals surface area contributed by atoms with Gasteiger partial charge in [0.2, 0.25) is 11.8 Å². The Kier molecular flexibility index (Phi) is 4.66. The summed E-state index contributed by atoms with van der Waals surface area (Å²) in [5, 5.41) is 1.71. The van der Waals surface area contributed by atoms with Crippen molar-refractivity contribution in [1.82, 2.24) is 0 Å². The molecule has 0 aromatic heterocycles. The van der Waals surface area contributed by atoms with E-state index in [1.54, 1.807) is 36.4 Å². The van der Waals surface area contributed by atoms with Crippen LogP contribution in [0.3, 0.4) is 0 Å². The second-order valence-electron chi connectivity index (χ2n) is 5.50. The molecule has 1 fully saturated rings. The lowest BCUT2D eigenvalue weighted by atomic mass is 10.2. The van der Waals surface area contributed by atoms with Gasteiger partial charge in [-0.15, -0.1) is 0 Å². The topological polar surface area (TPSA) is 66.5 Å². The number of nitrogens with zero attached hydrogens (tertiary/aromatic N) is 1. The molecule has 0 radical (unpaired) electrons.